The lowest BCUT2D eigenvalue weighted by Gasteiger charge is -2.32. The third-order valence-corrected chi connectivity index (χ3v) is 4.56. The van der Waals surface area contributed by atoms with Gasteiger partial charge >= 0.3 is 0 Å². The molecule has 1 amide bonds. The first-order valence-electron chi connectivity index (χ1n) is 8.74. The van der Waals surface area contributed by atoms with Crippen LogP contribution in [0.25, 0.3) is 0 Å². The minimum Gasteiger partial charge on any atom is -0.353 e. The van der Waals surface area contributed by atoms with Crippen LogP contribution in [-0.2, 0) is 11.3 Å². The van der Waals surface area contributed by atoms with Gasteiger partial charge in [0.15, 0.2) is 0 Å². The predicted octanol–water partition coefficient (Wildman–Crippen LogP) is 3.21. The molecule has 2 rings (SSSR count). The van der Waals surface area contributed by atoms with Gasteiger partial charge in [-0.15, -0.1) is 0 Å². The molecule has 1 aliphatic rings. The number of amides is 1. The summed E-state index contributed by atoms with van der Waals surface area (Å²) in [5, 5.41) is 12.0. The van der Waals surface area contributed by atoms with Gasteiger partial charge in [-0.25, -0.2) is 4.39 Å². The van der Waals surface area contributed by atoms with E-state index in [1.165, 1.54) is 12.1 Å². The molecular weight excluding hydrogens is 305 g/mol. The maximum atomic E-state index is 14.0. The summed E-state index contributed by atoms with van der Waals surface area (Å²) < 4.78 is 14.0. The highest BCUT2D eigenvalue weighted by Crippen LogP contribution is 2.21. The van der Waals surface area contributed by atoms with Gasteiger partial charge in [-0.2, -0.15) is 5.26 Å². The second kappa shape index (κ2) is 8.79. The Morgan fingerprint density at radius 2 is 2.33 bits per heavy atom. The Bertz CT molecular complexity index is 611. The molecule has 0 radical (unpaired) electrons. The Hall–Kier alpha value is -1.93. The zero-order chi connectivity index (χ0) is 17.5. The van der Waals surface area contributed by atoms with Gasteiger partial charge in [0.1, 0.15) is 5.82 Å². The summed E-state index contributed by atoms with van der Waals surface area (Å²) >= 11 is 0. The molecular formula is C19H26FN3O. The number of nitrogens with zero attached hydrogens (tertiary/aromatic N) is 2. The van der Waals surface area contributed by atoms with Crippen molar-refractivity contribution in [2.75, 3.05) is 13.1 Å². The van der Waals surface area contributed by atoms with E-state index in [0.717, 1.165) is 32.2 Å². The zero-order valence-electron chi connectivity index (χ0n) is 14.5. The summed E-state index contributed by atoms with van der Waals surface area (Å²) in [5.41, 5.74) is 0.987. The lowest BCUT2D eigenvalue weighted by molar-refractivity contribution is -0.127. The maximum absolute atomic E-state index is 14.0. The monoisotopic (exact) mass is 331 g/mol. The topological polar surface area (TPSA) is 56.1 Å². The van der Waals surface area contributed by atoms with Gasteiger partial charge in [-0.1, -0.05) is 13.3 Å². The van der Waals surface area contributed by atoms with Gasteiger partial charge in [0.05, 0.1) is 17.6 Å². The molecule has 1 aliphatic heterocycles. The molecule has 1 saturated heterocycles. The molecule has 24 heavy (non-hydrogen) atoms. The number of piperidine rings is 1. The smallest absolute Gasteiger partial charge is 0.224 e. The highest BCUT2D eigenvalue weighted by molar-refractivity contribution is 5.79. The summed E-state index contributed by atoms with van der Waals surface area (Å²) in [6, 6.07) is 6.67. The number of carbonyl (C=O) groups is 1. The number of halogens is 1. The molecule has 0 aliphatic carbocycles. The van der Waals surface area contributed by atoms with E-state index in [-0.39, 0.29) is 23.7 Å². The van der Waals surface area contributed by atoms with E-state index in [1.54, 1.807) is 6.07 Å². The van der Waals surface area contributed by atoms with Crippen molar-refractivity contribution in [1.82, 2.24) is 10.2 Å². The van der Waals surface area contributed by atoms with Crippen LogP contribution in [0.15, 0.2) is 18.2 Å². The first kappa shape index (κ1) is 18.4. The van der Waals surface area contributed by atoms with Crippen molar-refractivity contribution in [2.24, 2.45) is 5.92 Å². The SMILES string of the molecule is CCCC(C)NC(=O)C1CCCN(Cc2cc(C#N)ccc2F)C1. The number of hydrogen-bond donors (Lipinski definition) is 1. The molecule has 2 unspecified atom stereocenters. The third kappa shape index (κ3) is 5.04. The van der Waals surface area contributed by atoms with Crippen LogP contribution in [0.2, 0.25) is 0 Å². The highest BCUT2D eigenvalue weighted by atomic mass is 19.1. The number of nitriles is 1. The number of likely N-dealkylation sites (tertiary alicyclic amines) is 1. The van der Waals surface area contributed by atoms with Crippen LogP contribution in [0.1, 0.15) is 50.7 Å². The fourth-order valence-electron chi connectivity index (χ4n) is 3.29. The Morgan fingerprint density at radius 1 is 1.54 bits per heavy atom. The van der Waals surface area contributed by atoms with Crippen LogP contribution in [0.5, 0.6) is 0 Å². The molecule has 0 aromatic heterocycles. The summed E-state index contributed by atoms with van der Waals surface area (Å²) in [6.07, 6.45) is 3.84. The number of benzene rings is 1. The fourth-order valence-corrected chi connectivity index (χ4v) is 3.29. The molecule has 5 heteroatoms. The minimum absolute atomic E-state index is 0.0414. The molecule has 130 valence electrons. The van der Waals surface area contributed by atoms with Gasteiger partial charge in [0.2, 0.25) is 5.91 Å². The van der Waals surface area contributed by atoms with Crippen molar-refractivity contribution >= 4 is 5.91 Å². The minimum atomic E-state index is -0.294. The maximum Gasteiger partial charge on any atom is 0.224 e. The number of carbonyl (C=O) groups excluding carboxylic acids is 1. The van der Waals surface area contributed by atoms with Crippen LogP contribution in [0.3, 0.4) is 0 Å². The van der Waals surface area contributed by atoms with Gasteiger partial charge in [0.25, 0.3) is 0 Å². The van der Waals surface area contributed by atoms with E-state index >= 15 is 0 Å². The lowest BCUT2D eigenvalue weighted by atomic mass is 9.96. The molecule has 1 fully saturated rings. The van der Waals surface area contributed by atoms with Crippen LogP contribution in [0.4, 0.5) is 4.39 Å². The van der Waals surface area contributed by atoms with E-state index < -0.39 is 0 Å². The third-order valence-electron chi connectivity index (χ3n) is 4.56. The number of nitrogens with one attached hydrogen (secondary N) is 1. The van der Waals surface area contributed by atoms with Crippen molar-refractivity contribution in [3.05, 3.63) is 35.1 Å². The van der Waals surface area contributed by atoms with Gasteiger partial charge in [-0.05, 0) is 50.9 Å². The van der Waals surface area contributed by atoms with Gasteiger partial charge in [0, 0.05) is 24.7 Å². The molecule has 1 heterocycles. The normalized spacial score (nSPS) is 19.5. The van der Waals surface area contributed by atoms with Crippen LogP contribution in [0, 0.1) is 23.1 Å². The van der Waals surface area contributed by atoms with Crippen molar-refractivity contribution in [1.29, 1.82) is 5.26 Å². The average Bonchev–Trinajstić information content (AvgIpc) is 2.57. The zero-order valence-corrected chi connectivity index (χ0v) is 14.5. The standard InChI is InChI=1S/C19H26FN3O/c1-3-5-14(2)22-19(24)16-6-4-9-23(12-16)13-17-10-15(11-21)7-8-18(17)20/h7-8,10,14,16H,3-6,9,12-13H2,1-2H3,(H,22,24). The molecule has 0 saturated carbocycles. The average molecular weight is 331 g/mol. The Morgan fingerprint density at radius 3 is 3.04 bits per heavy atom. The fraction of sp³-hybridized carbons (Fsp3) is 0.579. The van der Waals surface area contributed by atoms with E-state index in [1.807, 2.05) is 13.0 Å². The van der Waals surface area contributed by atoms with E-state index in [0.29, 0.717) is 24.2 Å². The van der Waals surface area contributed by atoms with Crippen molar-refractivity contribution in [3.63, 3.8) is 0 Å². The molecule has 4 nitrogen and oxygen atoms in total. The van der Waals surface area contributed by atoms with E-state index in [4.69, 9.17) is 5.26 Å². The molecule has 1 aromatic rings. The van der Waals surface area contributed by atoms with Crippen molar-refractivity contribution in [3.8, 4) is 6.07 Å². The molecule has 0 bridgehead atoms. The largest absolute Gasteiger partial charge is 0.353 e. The summed E-state index contributed by atoms with van der Waals surface area (Å²) in [7, 11) is 0. The van der Waals surface area contributed by atoms with Gasteiger partial charge < -0.3 is 5.32 Å². The Balaban J connectivity index is 1.96. The van der Waals surface area contributed by atoms with Gasteiger partial charge in [-0.3, -0.25) is 9.69 Å². The first-order valence-corrected chi connectivity index (χ1v) is 8.74. The van der Waals surface area contributed by atoms with E-state index in [9.17, 15) is 9.18 Å². The molecule has 2 atom stereocenters. The second-order valence-electron chi connectivity index (χ2n) is 6.69. The van der Waals surface area contributed by atoms with E-state index in [2.05, 4.69) is 17.1 Å². The van der Waals surface area contributed by atoms with Crippen LogP contribution in [-0.4, -0.2) is 29.9 Å². The summed E-state index contributed by atoms with van der Waals surface area (Å²) in [5.74, 6) is -0.232. The summed E-state index contributed by atoms with van der Waals surface area (Å²) in [6.45, 7) is 6.07. The number of hydrogen-bond acceptors (Lipinski definition) is 3. The van der Waals surface area contributed by atoms with Crippen LogP contribution < -0.4 is 5.32 Å². The quantitative estimate of drug-likeness (QED) is 0.871. The molecule has 1 aromatic carbocycles. The van der Waals surface area contributed by atoms with Crippen molar-refractivity contribution < 1.29 is 9.18 Å². The highest BCUT2D eigenvalue weighted by Gasteiger charge is 2.26. The Kier molecular flexibility index (Phi) is 6.74. The lowest BCUT2D eigenvalue weighted by Crippen LogP contribution is -2.45. The first-order chi connectivity index (χ1) is 11.5. The van der Waals surface area contributed by atoms with Crippen molar-refractivity contribution in [2.45, 2.75) is 52.1 Å². The predicted molar refractivity (Wildman–Crippen MR) is 91.6 cm³/mol. The summed E-state index contributed by atoms with van der Waals surface area (Å²) in [4.78, 5) is 14.5. The second-order valence-corrected chi connectivity index (χ2v) is 6.69. The number of rotatable bonds is 6. The molecule has 1 N–H and O–H groups in total. The Labute approximate surface area is 143 Å². The van der Waals surface area contributed by atoms with Crippen LogP contribution >= 0.6 is 0 Å². The molecule has 0 spiro atoms.